The first-order chi connectivity index (χ1) is 16.5. The fourth-order valence-electron chi connectivity index (χ4n) is 3.97. The molecular formula is C24H23N5O4S. The Kier molecular flexibility index (Phi) is 5.99. The molecule has 0 bridgehead atoms. The number of anilines is 1. The van der Waals surface area contributed by atoms with Crippen molar-refractivity contribution < 1.29 is 14.0 Å². The van der Waals surface area contributed by atoms with Gasteiger partial charge >= 0.3 is 0 Å². The van der Waals surface area contributed by atoms with Crippen LogP contribution in [0.1, 0.15) is 32.2 Å². The normalized spacial score (nSPS) is 14.4. The van der Waals surface area contributed by atoms with Gasteiger partial charge in [-0.3, -0.25) is 23.7 Å². The van der Waals surface area contributed by atoms with Crippen molar-refractivity contribution in [1.29, 1.82) is 0 Å². The number of piperazine rings is 1. The summed E-state index contributed by atoms with van der Waals surface area (Å²) in [6.45, 7) is 4.95. The number of rotatable bonds is 5. The van der Waals surface area contributed by atoms with Gasteiger partial charge in [0.1, 0.15) is 0 Å². The highest BCUT2D eigenvalue weighted by Gasteiger charge is 2.23. The Balaban J connectivity index is 1.22. The van der Waals surface area contributed by atoms with Crippen molar-refractivity contribution in [3.63, 3.8) is 0 Å². The molecule has 1 aliphatic heterocycles. The zero-order valence-corrected chi connectivity index (χ0v) is 19.4. The maximum Gasteiger partial charge on any atom is 0.291 e. The summed E-state index contributed by atoms with van der Waals surface area (Å²) < 4.78 is 6.68. The summed E-state index contributed by atoms with van der Waals surface area (Å²) in [4.78, 5) is 46.9. The van der Waals surface area contributed by atoms with E-state index < -0.39 is 0 Å². The first-order valence-corrected chi connectivity index (χ1v) is 11.8. The number of fused-ring (bicyclic) bond motifs is 1. The number of carbonyl (C=O) groups is 2. The summed E-state index contributed by atoms with van der Waals surface area (Å²) in [5, 5.41) is 4.66. The molecule has 0 aliphatic carbocycles. The smallest absolute Gasteiger partial charge is 0.291 e. The van der Waals surface area contributed by atoms with Crippen molar-refractivity contribution in [2.45, 2.75) is 13.5 Å². The maximum absolute atomic E-state index is 13.1. The largest absolute Gasteiger partial charge is 0.459 e. The van der Waals surface area contributed by atoms with Gasteiger partial charge in [0.25, 0.3) is 17.4 Å². The van der Waals surface area contributed by atoms with Crippen LogP contribution in [0, 0.1) is 6.92 Å². The van der Waals surface area contributed by atoms with E-state index in [1.54, 1.807) is 36.5 Å². The van der Waals surface area contributed by atoms with Crippen molar-refractivity contribution in [2.24, 2.45) is 0 Å². The van der Waals surface area contributed by atoms with Gasteiger partial charge in [-0.1, -0.05) is 6.07 Å². The molecule has 1 N–H and O–H groups in total. The molecular weight excluding hydrogens is 454 g/mol. The fraction of sp³-hybridized carbons (Fsp3) is 0.250. The lowest BCUT2D eigenvalue weighted by Crippen LogP contribution is -2.48. The van der Waals surface area contributed by atoms with Crippen LogP contribution in [0.4, 0.5) is 5.69 Å². The van der Waals surface area contributed by atoms with Gasteiger partial charge in [0, 0.05) is 61.6 Å². The summed E-state index contributed by atoms with van der Waals surface area (Å²) in [6, 6.07) is 10.1. The quantitative estimate of drug-likeness (QED) is 0.475. The van der Waals surface area contributed by atoms with Crippen LogP contribution < -0.4 is 10.9 Å². The van der Waals surface area contributed by atoms with Gasteiger partial charge in [0.05, 0.1) is 12.0 Å². The molecule has 3 aromatic heterocycles. The average Bonchev–Trinajstić information content (AvgIpc) is 3.53. The maximum atomic E-state index is 13.1. The predicted octanol–water partition coefficient (Wildman–Crippen LogP) is 2.87. The highest BCUT2D eigenvalue weighted by atomic mass is 32.1. The molecule has 34 heavy (non-hydrogen) atoms. The van der Waals surface area contributed by atoms with Gasteiger partial charge in [-0.25, -0.2) is 4.98 Å². The van der Waals surface area contributed by atoms with Crippen LogP contribution in [0.5, 0.6) is 0 Å². The van der Waals surface area contributed by atoms with Crippen molar-refractivity contribution in [3.05, 3.63) is 87.2 Å². The Morgan fingerprint density at radius 1 is 1.15 bits per heavy atom. The molecule has 0 saturated carbocycles. The zero-order valence-electron chi connectivity index (χ0n) is 18.6. The third kappa shape index (κ3) is 4.50. The van der Waals surface area contributed by atoms with Crippen LogP contribution in [0.3, 0.4) is 0 Å². The molecule has 1 aromatic carbocycles. The second-order valence-corrected chi connectivity index (χ2v) is 9.04. The lowest BCUT2D eigenvalue weighted by atomic mass is 10.1. The van der Waals surface area contributed by atoms with E-state index in [0.717, 1.165) is 11.3 Å². The van der Waals surface area contributed by atoms with Crippen LogP contribution in [0.2, 0.25) is 0 Å². The molecule has 174 valence electrons. The van der Waals surface area contributed by atoms with E-state index in [9.17, 15) is 14.4 Å². The number of hydrogen-bond donors (Lipinski definition) is 1. The van der Waals surface area contributed by atoms with Crippen LogP contribution in [-0.4, -0.2) is 57.2 Å². The number of aryl methyl sites for hydroxylation is 1. The zero-order chi connectivity index (χ0) is 23.7. The molecule has 1 aliphatic rings. The van der Waals surface area contributed by atoms with Crippen molar-refractivity contribution in [2.75, 3.05) is 31.5 Å². The number of furan rings is 1. The number of nitrogens with one attached hydrogen (secondary N) is 1. The van der Waals surface area contributed by atoms with E-state index >= 15 is 0 Å². The van der Waals surface area contributed by atoms with Crippen LogP contribution in [0.15, 0.2) is 63.4 Å². The molecule has 1 saturated heterocycles. The molecule has 0 radical (unpaired) electrons. The van der Waals surface area contributed by atoms with Gasteiger partial charge in [-0.2, -0.15) is 0 Å². The Morgan fingerprint density at radius 2 is 1.97 bits per heavy atom. The molecule has 10 heteroatoms. The van der Waals surface area contributed by atoms with Crippen LogP contribution in [-0.2, 0) is 6.54 Å². The van der Waals surface area contributed by atoms with Crippen LogP contribution >= 0.6 is 11.3 Å². The third-order valence-electron chi connectivity index (χ3n) is 5.88. The predicted molar refractivity (Wildman–Crippen MR) is 128 cm³/mol. The molecule has 1 fully saturated rings. The minimum absolute atomic E-state index is 0.0791. The number of amides is 2. The SMILES string of the molecule is Cc1ccc(C(=O)N2CCN(Cc3cc(=O)n4ccsc4n3)CC2)cc1NC(=O)c1ccco1. The number of thiazole rings is 1. The Labute approximate surface area is 199 Å². The molecule has 4 heterocycles. The number of aromatic nitrogens is 2. The van der Waals surface area contributed by atoms with E-state index in [-0.39, 0.29) is 23.1 Å². The highest BCUT2D eigenvalue weighted by molar-refractivity contribution is 7.15. The molecule has 0 atom stereocenters. The summed E-state index contributed by atoms with van der Waals surface area (Å²) in [5.74, 6) is -0.229. The lowest BCUT2D eigenvalue weighted by molar-refractivity contribution is 0.0627. The molecule has 0 unspecified atom stereocenters. The summed E-state index contributed by atoms with van der Waals surface area (Å²) >= 11 is 1.43. The summed E-state index contributed by atoms with van der Waals surface area (Å²) in [6.07, 6.45) is 3.17. The number of hydrogen-bond acceptors (Lipinski definition) is 7. The van der Waals surface area contributed by atoms with E-state index in [2.05, 4.69) is 15.2 Å². The van der Waals surface area contributed by atoms with E-state index in [1.807, 2.05) is 23.3 Å². The van der Waals surface area contributed by atoms with Gasteiger partial charge in [0.2, 0.25) is 0 Å². The van der Waals surface area contributed by atoms with E-state index in [0.29, 0.717) is 48.9 Å². The second-order valence-electron chi connectivity index (χ2n) is 8.17. The van der Waals surface area contributed by atoms with Crippen LogP contribution in [0.25, 0.3) is 4.96 Å². The monoisotopic (exact) mass is 477 g/mol. The Hall–Kier alpha value is -3.76. The molecule has 0 spiro atoms. The summed E-state index contributed by atoms with van der Waals surface area (Å²) in [5.41, 5.74) is 2.61. The minimum Gasteiger partial charge on any atom is -0.459 e. The van der Waals surface area contributed by atoms with Crippen molar-refractivity contribution in [3.8, 4) is 0 Å². The molecule has 9 nitrogen and oxygen atoms in total. The molecule has 2 amide bonds. The first kappa shape index (κ1) is 22.1. The molecule has 5 rings (SSSR count). The third-order valence-corrected chi connectivity index (χ3v) is 6.64. The number of benzene rings is 1. The average molecular weight is 478 g/mol. The van der Waals surface area contributed by atoms with E-state index in [1.165, 1.54) is 22.0 Å². The Bertz CT molecular complexity index is 1400. The number of carbonyl (C=O) groups excluding carboxylic acids is 2. The standard InChI is InChI=1S/C24H23N5O4S/c1-16-4-5-17(13-19(16)26-22(31)20-3-2-11-33-20)23(32)28-8-6-27(7-9-28)15-18-14-21(30)29-10-12-34-24(29)25-18/h2-5,10-14H,6-9,15H2,1H3,(H,26,31). The van der Waals surface area contributed by atoms with Gasteiger partial charge < -0.3 is 14.6 Å². The summed E-state index contributed by atoms with van der Waals surface area (Å²) in [7, 11) is 0. The highest BCUT2D eigenvalue weighted by Crippen LogP contribution is 2.20. The topological polar surface area (TPSA) is 100 Å². The second kappa shape index (κ2) is 9.24. The molecule has 4 aromatic rings. The lowest BCUT2D eigenvalue weighted by Gasteiger charge is -2.34. The minimum atomic E-state index is -0.361. The van der Waals surface area contributed by atoms with Gasteiger partial charge in [-0.15, -0.1) is 11.3 Å². The fourth-order valence-corrected chi connectivity index (χ4v) is 4.71. The van der Waals surface area contributed by atoms with Gasteiger partial charge in [0.15, 0.2) is 10.7 Å². The van der Waals surface area contributed by atoms with Crippen molar-refractivity contribution in [1.82, 2.24) is 19.2 Å². The van der Waals surface area contributed by atoms with Crippen molar-refractivity contribution >= 4 is 33.8 Å². The number of nitrogens with zero attached hydrogens (tertiary/aromatic N) is 4. The van der Waals surface area contributed by atoms with E-state index in [4.69, 9.17) is 4.42 Å². The Morgan fingerprint density at radius 3 is 2.74 bits per heavy atom. The van der Waals surface area contributed by atoms with Gasteiger partial charge in [-0.05, 0) is 36.8 Å². The first-order valence-electron chi connectivity index (χ1n) is 10.9.